The molecule has 0 aromatic heterocycles. The molecule has 17 heavy (non-hydrogen) atoms. The van der Waals surface area contributed by atoms with Gasteiger partial charge in [0, 0.05) is 0 Å². The highest BCUT2D eigenvalue weighted by atomic mass is 14.5. The van der Waals surface area contributed by atoms with Gasteiger partial charge in [0.1, 0.15) is 0 Å². The van der Waals surface area contributed by atoms with Crippen LogP contribution in [0, 0.1) is 10.8 Å². The Morgan fingerprint density at radius 2 is 0.647 bits per heavy atom. The predicted molar refractivity (Wildman–Crippen MR) is 107 cm³/mol. The smallest absolute Gasteiger partial charge is 0.0913 e. The minimum Gasteiger partial charge on any atom is -0.108 e. The Morgan fingerprint density at radius 3 is 0.647 bits per heavy atom. The summed E-state index contributed by atoms with van der Waals surface area (Å²) in [6, 6.07) is 0. The van der Waals surface area contributed by atoms with Gasteiger partial charge < -0.3 is 0 Å². The van der Waals surface area contributed by atoms with Crippen LogP contribution in [0.1, 0.15) is 20.8 Å². The van der Waals surface area contributed by atoms with Gasteiger partial charge in [-0.3, -0.25) is 0 Å². The maximum atomic E-state index is 2.41. The van der Waals surface area contributed by atoms with Gasteiger partial charge in [-0.25, -0.2) is 0 Å². The van der Waals surface area contributed by atoms with Crippen LogP contribution in [0.3, 0.4) is 0 Å². The van der Waals surface area contributed by atoms with E-state index in [1.807, 2.05) is 0 Å². The zero-order valence-corrected chi connectivity index (χ0v) is 14.5. The molecule has 0 radical (unpaired) electrons. The molecule has 0 bridgehead atoms. The summed E-state index contributed by atoms with van der Waals surface area (Å²) in [5.41, 5.74) is 0.516. The van der Waals surface area contributed by atoms with Crippen molar-refractivity contribution in [2.75, 3.05) is 0 Å². The first kappa shape index (κ1) is 17.6. The van der Waals surface area contributed by atoms with Crippen molar-refractivity contribution in [3.8, 4) is 0 Å². The van der Waals surface area contributed by atoms with Crippen molar-refractivity contribution in [2.45, 2.75) is 36.1 Å². The topological polar surface area (TPSA) is 0 Å². The van der Waals surface area contributed by atoms with E-state index in [9.17, 15) is 0 Å². The van der Waals surface area contributed by atoms with E-state index in [0.29, 0.717) is 0 Å². The maximum Gasteiger partial charge on any atom is 0.0913 e. The van der Waals surface area contributed by atoms with Gasteiger partial charge in [0.15, 0.2) is 0 Å². The molecule has 0 unspecified atom stereocenters. The van der Waals surface area contributed by atoms with Crippen molar-refractivity contribution in [3.63, 3.8) is 0 Å². The summed E-state index contributed by atoms with van der Waals surface area (Å²) < 4.78 is 0. The zero-order chi connectivity index (χ0) is 14.5. The van der Waals surface area contributed by atoms with E-state index in [1.54, 1.807) is 0 Å². The van der Waals surface area contributed by atoms with Gasteiger partial charge in [-0.05, 0) is 5.41 Å². The van der Waals surface area contributed by atoms with Crippen molar-refractivity contribution < 1.29 is 0 Å². The van der Waals surface area contributed by atoms with Crippen LogP contribution in [0.15, 0.2) is 0 Å². The lowest BCUT2D eigenvalue weighted by Gasteiger charge is -2.70. The molecule has 0 amide bonds. The standard InChI is InChI=1S/C8H27B9/c1-4(2,3)5(6(9,10)11,7(12,13)14)8(15,16)17/h9-17H2,1-3H3. The molecule has 0 aromatic rings. The molecule has 0 atom stereocenters. The lowest BCUT2D eigenvalue weighted by atomic mass is 9.07. The molecule has 0 spiro atoms. The lowest BCUT2D eigenvalue weighted by molar-refractivity contribution is 0.0872. The minimum atomic E-state index is 0.250. The van der Waals surface area contributed by atoms with Gasteiger partial charge in [-0.15, -0.1) is 15.3 Å². The molecular formula is C8H27B9. The fraction of sp³-hybridized carbons (Fsp3) is 1.00. The first-order valence-electron chi connectivity index (χ1n) is 7.00. The van der Waals surface area contributed by atoms with Gasteiger partial charge in [0.05, 0.1) is 70.6 Å². The first-order chi connectivity index (χ1) is 7.00. The molecule has 0 aliphatic rings. The second kappa shape index (κ2) is 4.31. The van der Waals surface area contributed by atoms with Crippen molar-refractivity contribution in [3.05, 3.63) is 0 Å². The predicted octanol–water partition coefficient (Wildman–Crippen LogP) is -6.06. The van der Waals surface area contributed by atoms with Crippen LogP contribution < -0.4 is 0 Å². The summed E-state index contributed by atoms with van der Waals surface area (Å²) in [5.74, 6) is 0. The lowest BCUT2D eigenvalue weighted by Crippen LogP contribution is -2.63. The summed E-state index contributed by atoms with van der Waals surface area (Å²) in [7, 11) is 21.7. The largest absolute Gasteiger partial charge is 0.108 e. The highest BCUT2D eigenvalue weighted by molar-refractivity contribution is 6.69. The summed E-state index contributed by atoms with van der Waals surface area (Å²) in [5, 5.41) is 0.797. The molecule has 0 saturated carbocycles. The van der Waals surface area contributed by atoms with Crippen LogP contribution >= 0.6 is 0 Å². The summed E-state index contributed by atoms with van der Waals surface area (Å²) >= 11 is 0. The van der Waals surface area contributed by atoms with Gasteiger partial charge in [-0.1, -0.05) is 26.2 Å². The molecule has 0 aromatic carbocycles. The highest BCUT2D eigenvalue weighted by Crippen LogP contribution is 2.69. The summed E-state index contributed by atoms with van der Waals surface area (Å²) in [6.45, 7) is 7.23. The second-order valence-corrected chi connectivity index (χ2v) is 9.75. The van der Waals surface area contributed by atoms with E-state index >= 15 is 0 Å². The minimum absolute atomic E-state index is 0.250. The first-order valence-corrected chi connectivity index (χ1v) is 7.00. The van der Waals surface area contributed by atoms with Crippen LogP contribution in [-0.2, 0) is 0 Å². The van der Waals surface area contributed by atoms with Crippen molar-refractivity contribution in [1.82, 2.24) is 0 Å². The van der Waals surface area contributed by atoms with Crippen molar-refractivity contribution in [1.29, 1.82) is 0 Å². The number of rotatable bonds is 3. The highest BCUT2D eigenvalue weighted by Gasteiger charge is 2.60. The average Bonchev–Trinajstić information content (AvgIpc) is 1.67. The fourth-order valence-electron chi connectivity index (χ4n) is 6.75. The monoisotopic (exact) mass is 222 g/mol. The average molecular weight is 221 g/mol. The van der Waals surface area contributed by atoms with Gasteiger partial charge in [0.2, 0.25) is 0 Å². The van der Waals surface area contributed by atoms with E-state index in [0.717, 1.165) is 0 Å². The van der Waals surface area contributed by atoms with E-state index in [1.165, 1.54) is 0 Å². The van der Waals surface area contributed by atoms with Crippen molar-refractivity contribution >= 4 is 70.6 Å². The molecule has 0 nitrogen and oxygen atoms in total. The molecule has 9 heteroatoms. The molecule has 0 saturated heterocycles. The normalized spacial score (nSPS) is 15.7. The van der Waals surface area contributed by atoms with Gasteiger partial charge >= 0.3 is 0 Å². The Kier molecular flexibility index (Phi) is 4.45. The Hall–Kier alpha value is 0.584. The van der Waals surface area contributed by atoms with Crippen LogP contribution in [0.25, 0.3) is 0 Å². The molecule has 0 fully saturated rings. The van der Waals surface area contributed by atoms with Crippen LogP contribution in [-0.4, -0.2) is 70.6 Å². The quantitative estimate of drug-likeness (QED) is 0.416. The van der Waals surface area contributed by atoms with Crippen molar-refractivity contribution in [2.24, 2.45) is 10.8 Å². The summed E-state index contributed by atoms with van der Waals surface area (Å²) in [4.78, 5) is 0. The Morgan fingerprint density at radius 1 is 0.471 bits per heavy atom. The third-order valence-corrected chi connectivity index (χ3v) is 4.50. The third kappa shape index (κ3) is 2.64. The maximum absolute atomic E-state index is 2.41. The third-order valence-electron chi connectivity index (χ3n) is 4.50. The van der Waals surface area contributed by atoms with E-state index in [2.05, 4.69) is 91.4 Å². The Labute approximate surface area is 118 Å². The molecule has 0 rings (SSSR count). The fourth-order valence-corrected chi connectivity index (χ4v) is 6.75. The second-order valence-electron chi connectivity index (χ2n) is 9.75. The molecule has 0 aliphatic heterocycles. The summed E-state index contributed by atoms with van der Waals surface area (Å²) in [6.07, 6.45) is 0. The van der Waals surface area contributed by atoms with Crippen LogP contribution in [0.4, 0.5) is 0 Å². The van der Waals surface area contributed by atoms with E-state index < -0.39 is 0 Å². The van der Waals surface area contributed by atoms with Crippen LogP contribution in [0.2, 0.25) is 15.3 Å². The Bertz CT molecular complexity index is 210. The zero-order valence-electron chi connectivity index (χ0n) is 14.5. The molecule has 0 aliphatic carbocycles. The molecular weight excluding hydrogens is 193 g/mol. The number of hydrogen-bond acceptors (Lipinski definition) is 0. The van der Waals surface area contributed by atoms with Gasteiger partial charge in [0.25, 0.3) is 0 Å². The van der Waals surface area contributed by atoms with E-state index in [4.69, 9.17) is 0 Å². The molecule has 0 heterocycles. The molecule has 0 N–H and O–H groups in total. The Balaban J connectivity index is 6.37. The van der Waals surface area contributed by atoms with Crippen LogP contribution in [0.5, 0.6) is 0 Å². The molecule has 86 valence electrons. The van der Waals surface area contributed by atoms with E-state index in [-0.39, 0.29) is 26.2 Å². The number of hydrogen-bond donors (Lipinski definition) is 0. The SMILES string of the molecule is BC(B)(B)C(C(B)(B)B)(C(B)(B)B)C(C)(C)C. The van der Waals surface area contributed by atoms with Gasteiger partial charge in [-0.2, -0.15) is 0 Å².